The van der Waals surface area contributed by atoms with Crippen molar-refractivity contribution in [2.24, 2.45) is 0 Å². The summed E-state index contributed by atoms with van der Waals surface area (Å²) in [6.07, 6.45) is 0. The second-order valence-electron chi connectivity index (χ2n) is 5.62. The van der Waals surface area contributed by atoms with E-state index in [-0.39, 0.29) is 22.9 Å². The van der Waals surface area contributed by atoms with E-state index in [0.717, 1.165) is 0 Å². The van der Waals surface area contributed by atoms with Gasteiger partial charge in [-0.3, -0.25) is 4.79 Å². The molecule has 0 unspecified atom stereocenters. The number of nitrogens with one attached hydrogen (secondary N) is 2. The van der Waals surface area contributed by atoms with Crippen LogP contribution in [0.2, 0.25) is 0 Å². The van der Waals surface area contributed by atoms with Gasteiger partial charge < -0.3 is 10.1 Å². The van der Waals surface area contributed by atoms with Crippen molar-refractivity contribution < 1.29 is 17.9 Å². The Morgan fingerprint density at radius 2 is 1.76 bits per heavy atom. The molecule has 0 atom stereocenters. The van der Waals surface area contributed by atoms with Crippen molar-refractivity contribution in [2.45, 2.75) is 31.2 Å². The molecule has 0 fully saturated rings. The molecule has 0 saturated heterocycles. The smallest absolute Gasteiger partial charge is 0.251 e. The lowest BCUT2D eigenvalue weighted by molar-refractivity contribution is 0.0919. The Balaban J connectivity index is 2.80. The fourth-order valence-electron chi connectivity index (χ4n) is 1.56. The fourth-order valence-corrected chi connectivity index (χ4v) is 2.57. The van der Waals surface area contributed by atoms with Crippen LogP contribution in [0.15, 0.2) is 29.2 Å². The highest BCUT2D eigenvalue weighted by molar-refractivity contribution is 7.89. The minimum absolute atomic E-state index is 0.117. The molecule has 0 aromatic heterocycles. The molecule has 0 bridgehead atoms. The monoisotopic (exact) mass is 314 g/mol. The molecule has 118 valence electrons. The predicted octanol–water partition coefficient (Wildman–Crippen LogP) is 1.14. The van der Waals surface area contributed by atoms with Crippen molar-refractivity contribution in [3.63, 3.8) is 0 Å². The van der Waals surface area contributed by atoms with E-state index < -0.39 is 10.0 Å². The van der Waals surface area contributed by atoms with Gasteiger partial charge in [0.25, 0.3) is 5.91 Å². The van der Waals surface area contributed by atoms with Crippen LogP contribution in [0.3, 0.4) is 0 Å². The maximum absolute atomic E-state index is 11.9. The summed E-state index contributed by atoms with van der Waals surface area (Å²) < 4.78 is 31.1. The number of carbonyl (C=O) groups excluding carboxylic acids is 1. The number of hydrogen-bond donors (Lipinski definition) is 2. The molecule has 0 aliphatic rings. The van der Waals surface area contributed by atoms with Crippen LogP contribution in [0.25, 0.3) is 0 Å². The van der Waals surface area contributed by atoms with Crippen molar-refractivity contribution in [1.29, 1.82) is 0 Å². The van der Waals surface area contributed by atoms with Crippen molar-refractivity contribution in [3.05, 3.63) is 29.8 Å². The van der Waals surface area contributed by atoms with Crippen molar-refractivity contribution >= 4 is 15.9 Å². The fraction of sp³-hybridized carbons (Fsp3) is 0.500. The van der Waals surface area contributed by atoms with Crippen molar-refractivity contribution in [1.82, 2.24) is 10.0 Å². The third-order valence-corrected chi connectivity index (χ3v) is 3.99. The first-order valence-corrected chi connectivity index (χ1v) is 8.05. The van der Waals surface area contributed by atoms with E-state index in [1.165, 1.54) is 31.4 Å². The van der Waals surface area contributed by atoms with Gasteiger partial charge in [-0.05, 0) is 45.0 Å². The number of hydrogen-bond acceptors (Lipinski definition) is 4. The predicted molar refractivity (Wildman–Crippen MR) is 80.7 cm³/mol. The summed E-state index contributed by atoms with van der Waals surface area (Å²) in [4.78, 5) is 12.1. The van der Waals surface area contributed by atoms with E-state index >= 15 is 0 Å². The molecule has 1 aromatic carbocycles. The molecule has 21 heavy (non-hydrogen) atoms. The SMILES string of the molecule is COCCNS(=O)(=O)c1ccc(C(=O)NC(C)(C)C)cc1. The minimum atomic E-state index is -3.57. The number of methoxy groups -OCH3 is 1. The molecular formula is C14H22N2O4S. The van der Waals surface area contributed by atoms with Crippen LogP contribution in [0.4, 0.5) is 0 Å². The molecule has 2 N–H and O–H groups in total. The quantitative estimate of drug-likeness (QED) is 0.771. The molecule has 0 saturated carbocycles. The number of benzene rings is 1. The van der Waals surface area contributed by atoms with Crippen LogP contribution >= 0.6 is 0 Å². The Morgan fingerprint density at radius 3 is 2.24 bits per heavy atom. The van der Waals surface area contributed by atoms with E-state index in [1.54, 1.807) is 0 Å². The second-order valence-corrected chi connectivity index (χ2v) is 7.39. The van der Waals surface area contributed by atoms with Gasteiger partial charge in [0, 0.05) is 24.8 Å². The van der Waals surface area contributed by atoms with E-state index in [1.807, 2.05) is 20.8 Å². The van der Waals surface area contributed by atoms with Gasteiger partial charge in [-0.2, -0.15) is 0 Å². The maximum Gasteiger partial charge on any atom is 0.251 e. The lowest BCUT2D eigenvalue weighted by atomic mass is 10.1. The average molecular weight is 314 g/mol. The second kappa shape index (κ2) is 7.02. The van der Waals surface area contributed by atoms with Crippen LogP contribution in [-0.4, -0.2) is 40.1 Å². The van der Waals surface area contributed by atoms with E-state index in [9.17, 15) is 13.2 Å². The molecule has 0 spiro atoms. The first-order valence-electron chi connectivity index (χ1n) is 6.57. The highest BCUT2D eigenvalue weighted by Gasteiger charge is 2.17. The molecule has 0 radical (unpaired) electrons. The van der Waals surface area contributed by atoms with Gasteiger partial charge in [-0.25, -0.2) is 13.1 Å². The number of rotatable bonds is 6. The first-order chi connectivity index (χ1) is 9.65. The van der Waals surface area contributed by atoms with Crippen LogP contribution in [0, 0.1) is 0 Å². The average Bonchev–Trinajstić information content (AvgIpc) is 2.37. The summed E-state index contributed by atoms with van der Waals surface area (Å²) in [5, 5.41) is 2.81. The Hall–Kier alpha value is -1.44. The zero-order valence-electron chi connectivity index (χ0n) is 12.8. The highest BCUT2D eigenvalue weighted by Crippen LogP contribution is 2.11. The van der Waals surface area contributed by atoms with E-state index in [2.05, 4.69) is 10.0 Å². The number of ether oxygens (including phenoxy) is 1. The lowest BCUT2D eigenvalue weighted by Gasteiger charge is -2.20. The Kier molecular flexibility index (Phi) is 5.88. The molecule has 1 aromatic rings. The third-order valence-electron chi connectivity index (χ3n) is 2.51. The number of sulfonamides is 1. The van der Waals surface area contributed by atoms with Gasteiger partial charge in [0.15, 0.2) is 0 Å². The van der Waals surface area contributed by atoms with Gasteiger partial charge in [0.1, 0.15) is 0 Å². The molecule has 0 aliphatic heterocycles. The standard InChI is InChI=1S/C14H22N2O4S/c1-14(2,3)16-13(17)11-5-7-12(8-6-11)21(18,19)15-9-10-20-4/h5-8,15H,9-10H2,1-4H3,(H,16,17). The van der Waals surface area contributed by atoms with Crippen LogP contribution in [0.1, 0.15) is 31.1 Å². The molecule has 1 amide bonds. The summed E-state index contributed by atoms with van der Waals surface area (Å²) in [5.41, 5.74) is 0.0737. The summed E-state index contributed by atoms with van der Waals surface area (Å²) in [6.45, 7) is 6.13. The van der Waals surface area contributed by atoms with Crippen molar-refractivity contribution in [2.75, 3.05) is 20.3 Å². The minimum Gasteiger partial charge on any atom is -0.383 e. The van der Waals surface area contributed by atoms with E-state index in [4.69, 9.17) is 4.74 Å². The third kappa shape index (κ3) is 5.82. The summed E-state index contributed by atoms with van der Waals surface area (Å²) in [7, 11) is -2.07. The summed E-state index contributed by atoms with van der Waals surface area (Å²) >= 11 is 0. The van der Waals surface area contributed by atoms with Crippen LogP contribution in [0.5, 0.6) is 0 Å². The van der Waals surface area contributed by atoms with E-state index in [0.29, 0.717) is 12.2 Å². The zero-order chi connectivity index (χ0) is 16.1. The van der Waals surface area contributed by atoms with Crippen molar-refractivity contribution in [3.8, 4) is 0 Å². The number of carbonyl (C=O) groups is 1. The normalized spacial score (nSPS) is 12.2. The van der Waals surface area contributed by atoms with Gasteiger partial charge in [-0.1, -0.05) is 0 Å². The Morgan fingerprint density at radius 1 is 1.19 bits per heavy atom. The molecule has 7 heteroatoms. The Bertz CT molecular complexity index is 574. The van der Waals surface area contributed by atoms with Crippen LogP contribution < -0.4 is 10.0 Å². The highest BCUT2D eigenvalue weighted by atomic mass is 32.2. The largest absolute Gasteiger partial charge is 0.383 e. The molecular weight excluding hydrogens is 292 g/mol. The number of amides is 1. The lowest BCUT2D eigenvalue weighted by Crippen LogP contribution is -2.40. The van der Waals surface area contributed by atoms with Gasteiger partial charge >= 0.3 is 0 Å². The molecule has 6 nitrogen and oxygen atoms in total. The Labute approximate surface area is 125 Å². The molecule has 1 rings (SSSR count). The van der Waals surface area contributed by atoms with Crippen LogP contribution in [-0.2, 0) is 14.8 Å². The molecule has 0 heterocycles. The van der Waals surface area contributed by atoms with Gasteiger partial charge in [0.05, 0.1) is 11.5 Å². The summed E-state index contributed by atoms with van der Waals surface area (Å²) in [6, 6.07) is 5.80. The first kappa shape index (κ1) is 17.6. The van der Waals surface area contributed by atoms with Gasteiger partial charge in [0.2, 0.25) is 10.0 Å². The summed E-state index contributed by atoms with van der Waals surface area (Å²) in [5.74, 6) is -0.237. The molecule has 0 aliphatic carbocycles. The zero-order valence-corrected chi connectivity index (χ0v) is 13.6. The maximum atomic E-state index is 11.9. The topological polar surface area (TPSA) is 84.5 Å². The van der Waals surface area contributed by atoms with Gasteiger partial charge in [-0.15, -0.1) is 0 Å².